The van der Waals surface area contributed by atoms with Crippen LogP contribution in [0.25, 0.3) is 0 Å². The van der Waals surface area contributed by atoms with Crippen LogP contribution in [-0.2, 0) is 14.3 Å². The first-order chi connectivity index (χ1) is 16.4. The number of morpholine rings is 1. The second kappa shape index (κ2) is 10.8. The third-order valence-corrected chi connectivity index (χ3v) is 6.45. The molecule has 1 saturated carbocycles. The SMILES string of the molecule is COc1ccc(NC(=O)C2CCC(N3CCOCC3=O)CC2)c(C(=O)Nc2ccc(Cl)cn2)c1. The summed E-state index contributed by atoms with van der Waals surface area (Å²) in [5.74, 6) is 0.0779. The molecule has 0 unspecified atom stereocenters. The van der Waals surface area contributed by atoms with Crippen LogP contribution in [0.15, 0.2) is 36.5 Å². The molecule has 180 valence electrons. The van der Waals surface area contributed by atoms with Crippen LogP contribution in [0.5, 0.6) is 5.75 Å². The molecule has 2 fully saturated rings. The molecule has 0 radical (unpaired) electrons. The first-order valence-corrected chi connectivity index (χ1v) is 11.6. The molecule has 0 bridgehead atoms. The number of amides is 3. The molecule has 2 aromatic rings. The predicted octanol–water partition coefficient (Wildman–Crippen LogP) is 3.35. The number of hydrogen-bond donors (Lipinski definition) is 2. The third kappa shape index (κ3) is 5.66. The van der Waals surface area contributed by atoms with E-state index in [-0.39, 0.29) is 35.9 Å². The minimum Gasteiger partial charge on any atom is -0.497 e. The predicted molar refractivity (Wildman–Crippen MR) is 127 cm³/mol. The fourth-order valence-electron chi connectivity index (χ4n) is 4.38. The summed E-state index contributed by atoms with van der Waals surface area (Å²) in [6.45, 7) is 1.29. The summed E-state index contributed by atoms with van der Waals surface area (Å²) in [7, 11) is 1.51. The molecule has 2 N–H and O–H groups in total. The van der Waals surface area contributed by atoms with Gasteiger partial charge in [0.2, 0.25) is 11.8 Å². The number of carbonyl (C=O) groups is 3. The minimum atomic E-state index is -0.432. The Morgan fingerprint density at radius 1 is 1.15 bits per heavy atom. The summed E-state index contributed by atoms with van der Waals surface area (Å²) >= 11 is 5.86. The lowest BCUT2D eigenvalue weighted by atomic mass is 9.84. The van der Waals surface area contributed by atoms with Gasteiger partial charge in [-0.05, 0) is 56.0 Å². The van der Waals surface area contributed by atoms with Gasteiger partial charge in [0.05, 0.1) is 30.0 Å². The molecule has 1 aromatic heterocycles. The fourth-order valence-corrected chi connectivity index (χ4v) is 4.49. The number of rotatable bonds is 6. The van der Waals surface area contributed by atoms with Crippen molar-refractivity contribution in [3.63, 3.8) is 0 Å². The second-order valence-electron chi connectivity index (χ2n) is 8.36. The van der Waals surface area contributed by atoms with Gasteiger partial charge in [0.25, 0.3) is 5.91 Å². The van der Waals surface area contributed by atoms with Crippen molar-refractivity contribution >= 4 is 40.8 Å². The zero-order chi connectivity index (χ0) is 24.1. The molecule has 1 aliphatic carbocycles. The Hall–Kier alpha value is -3.17. The van der Waals surface area contributed by atoms with Crippen molar-refractivity contribution in [2.24, 2.45) is 5.92 Å². The first kappa shape index (κ1) is 24.0. The zero-order valence-corrected chi connectivity index (χ0v) is 19.6. The van der Waals surface area contributed by atoms with E-state index in [9.17, 15) is 14.4 Å². The van der Waals surface area contributed by atoms with Crippen LogP contribution in [0.2, 0.25) is 5.02 Å². The zero-order valence-electron chi connectivity index (χ0n) is 18.9. The Kier molecular flexibility index (Phi) is 7.64. The number of aromatic nitrogens is 1. The Bertz CT molecular complexity index is 1050. The van der Waals surface area contributed by atoms with Gasteiger partial charge in [0.1, 0.15) is 18.2 Å². The van der Waals surface area contributed by atoms with E-state index in [1.54, 1.807) is 30.3 Å². The van der Waals surface area contributed by atoms with E-state index in [1.807, 2.05) is 4.90 Å². The molecule has 0 spiro atoms. The number of nitrogens with zero attached hydrogens (tertiary/aromatic N) is 2. The minimum absolute atomic E-state index is 0.0169. The van der Waals surface area contributed by atoms with Crippen molar-refractivity contribution in [3.05, 3.63) is 47.1 Å². The van der Waals surface area contributed by atoms with Crippen LogP contribution in [0, 0.1) is 5.92 Å². The molecular formula is C24H27ClN4O5. The summed E-state index contributed by atoms with van der Waals surface area (Å²) in [4.78, 5) is 44.1. The lowest BCUT2D eigenvalue weighted by Gasteiger charge is -2.38. The van der Waals surface area contributed by atoms with Gasteiger partial charge in [-0.3, -0.25) is 14.4 Å². The summed E-state index contributed by atoms with van der Waals surface area (Å²) in [5.41, 5.74) is 0.653. The van der Waals surface area contributed by atoms with Gasteiger partial charge in [-0.25, -0.2) is 4.98 Å². The molecule has 34 heavy (non-hydrogen) atoms. The van der Waals surface area contributed by atoms with Gasteiger partial charge in [-0.15, -0.1) is 0 Å². The van der Waals surface area contributed by atoms with Gasteiger partial charge in [-0.1, -0.05) is 11.6 Å². The van der Waals surface area contributed by atoms with Crippen molar-refractivity contribution in [3.8, 4) is 5.75 Å². The molecule has 4 rings (SSSR count). The highest BCUT2D eigenvalue weighted by molar-refractivity contribution is 6.30. The number of benzene rings is 1. The Morgan fingerprint density at radius 3 is 2.62 bits per heavy atom. The van der Waals surface area contributed by atoms with E-state index in [0.29, 0.717) is 48.3 Å². The Balaban J connectivity index is 1.41. The molecule has 1 aromatic carbocycles. The number of anilines is 2. The van der Waals surface area contributed by atoms with Gasteiger partial charge in [0, 0.05) is 24.7 Å². The van der Waals surface area contributed by atoms with E-state index in [1.165, 1.54) is 13.3 Å². The summed E-state index contributed by atoms with van der Waals surface area (Å²) in [5, 5.41) is 6.08. The van der Waals surface area contributed by atoms with Crippen molar-refractivity contribution in [2.45, 2.75) is 31.7 Å². The van der Waals surface area contributed by atoms with Crippen LogP contribution in [0.4, 0.5) is 11.5 Å². The molecule has 1 saturated heterocycles. The maximum absolute atomic E-state index is 13.0. The Morgan fingerprint density at radius 2 is 1.94 bits per heavy atom. The molecule has 2 heterocycles. The molecular weight excluding hydrogens is 460 g/mol. The number of nitrogens with one attached hydrogen (secondary N) is 2. The van der Waals surface area contributed by atoms with Crippen molar-refractivity contribution < 1.29 is 23.9 Å². The molecule has 10 heteroatoms. The van der Waals surface area contributed by atoms with E-state index < -0.39 is 5.91 Å². The summed E-state index contributed by atoms with van der Waals surface area (Å²) < 4.78 is 10.5. The molecule has 9 nitrogen and oxygen atoms in total. The van der Waals surface area contributed by atoms with Gasteiger partial charge in [-0.2, -0.15) is 0 Å². The molecule has 3 amide bonds. The lowest BCUT2D eigenvalue weighted by Crippen LogP contribution is -2.49. The lowest BCUT2D eigenvalue weighted by molar-refractivity contribution is -0.146. The van der Waals surface area contributed by atoms with Crippen molar-refractivity contribution in [2.75, 3.05) is 37.5 Å². The highest BCUT2D eigenvalue weighted by atomic mass is 35.5. The normalized spacial score (nSPS) is 20.5. The largest absolute Gasteiger partial charge is 0.497 e. The standard InChI is InChI=1S/C24H27ClN4O5/c1-33-18-7-8-20(19(12-18)24(32)28-21-9-4-16(25)13-26-21)27-23(31)15-2-5-17(6-3-15)29-10-11-34-14-22(29)30/h4,7-9,12-13,15,17H,2-3,5-6,10-11,14H2,1H3,(H,27,31)(H,26,28,32). The molecule has 0 atom stereocenters. The van der Waals surface area contributed by atoms with Crippen LogP contribution in [0.3, 0.4) is 0 Å². The Labute approximate surface area is 202 Å². The average molecular weight is 487 g/mol. The molecule has 1 aliphatic heterocycles. The van der Waals surface area contributed by atoms with E-state index in [4.69, 9.17) is 21.1 Å². The van der Waals surface area contributed by atoms with E-state index >= 15 is 0 Å². The van der Waals surface area contributed by atoms with Crippen LogP contribution < -0.4 is 15.4 Å². The number of halogens is 1. The molecule has 2 aliphatic rings. The van der Waals surface area contributed by atoms with Crippen LogP contribution >= 0.6 is 11.6 Å². The van der Waals surface area contributed by atoms with E-state index in [0.717, 1.165) is 12.8 Å². The maximum atomic E-state index is 13.0. The highest BCUT2D eigenvalue weighted by Gasteiger charge is 2.33. The van der Waals surface area contributed by atoms with Gasteiger partial charge >= 0.3 is 0 Å². The fraction of sp³-hybridized carbons (Fsp3) is 0.417. The summed E-state index contributed by atoms with van der Waals surface area (Å²) in [6.07, 6.45) is 4.32. The monoisotopic (exact) mass is 486 g/mol. The number of ether oxygens (including phenoxy) is 2. The van der Waals surface area contributed by atoms with Crippen LogP contribution in [-0.4, -0.2) is 60.5 Å². The van der Waals surface area contributed by atoms with Gasteiger partial charge in [0.15, 0.2) is 0 Å². The second-order valence-corrected chi connectivity index (χ2v) is 8.80. The number of methoxy groups -OCH3 is 1. The quantitative estimate of drug-likeness (QED) is 0.648. The van der Waals surface area contributed by atoms with Crippen molar-refractivity contribution in [1.82, 2.24) is 9.88 Å². The third-order valence-electron chi connectivity index (χ3n) is 6.23. The summed E-state index contributed by atoms with van der Waals surface area (Å²) in [6, 6.07) is 8.28. The smallest absolute Gasteiger partial charge is 0.259 e. The first-order valence-electron chi connectivity index (χ1n) is 11.2. The number of pyridine rings is 1. The number of hydrogen-bond acceptors (Lipinski definition) is 6. The van der Waals surface area contributed by atoms with Crippen molar-refractivity contribution in [1.29, 1.82) is 0 Å². The van der Waals surface area contributed by atoms with E-state index in [2.05, 4.69) is 15.6 Å². The average Bonchev–Trinajstić information content (AvgIpc) is 2.86. The highest BCUT2D eigenvalue weighted by Crippen LogP contribution is 2.30. The maximum Gasteiger partial charge on any atom is 0.259 e. The topological polar surface area (TPSA) is 110 Å². The van der Waals surface area contributed by atoms with Gasteiger partial charge < -0.3 is 25.0 Å². The number of carbonyl (C=O) groups excluding carboxylic acids is 3. The van der Waals surface area contributed by atoms with Crippen LogP contribution in [0.1, 0.15) is 36.0 Å².